The Morgan fingerprint density at radius 3 is 2.13 bits per heavy atom. The van der Waals surface area contributed by atoms with Gasteiger partial charge in [0.15, 0.2) is 0 Å². The van der Waals surface area contributed by atoms with Crippen molar-refractivity contribution in [2.24, 2.45) is 10.1 Å². The fourth-order valence-electron chi connectivity index (χ4n) is 3.35. The third-order valence-electron chi connectivity index (χ3n) is 4.78. The van der Waals surface area contributed by atoms with Crippen molar-refractivity contribution in [1.82, 2.24) is 0 Å². The largest absolute Gasteiger partial charge is 0.496 e. The lowest BCUT2D eigenvalue weighted by atomic mass is 10.1. The summed E-state index contributed by atoms with van der Waals surface area (Å²) in [7, 11) is -2.48. The van der Waals surface area contributed by atoms with Crippen LogP contribution in [0.4, 0.5) is 18.9 Å². The Bertz CT molecular complexity index is 1090. The Balaban J connectivity index is 2.14. The highest BCUT2D eigenvalue weighted by molar-refractivity contribution is 7.89. The number of ether oxygens (including phenoxy) is 1. The topological polar surface area (TPSA) is 105 Å². The lowest BCUT2D eigenvalue weighted by Crippen LogP contribution is -2.47. The first-order valence-corrected chi connectivity index (χ1v) is 10.3. The van der Waals surface area contributed by atoms with Crippen molar-refractivity contribution in [2.45, 2.75) is 30.6 Å². The van der Waals surface area contributed by atoms with Crippen LogP contribution >= 0.6 is 0 Å². The van der Waals surface area contributed by atoms with E-state index in [4.69, 9.17) is 9.88 Å². The Hall–Kier alpha value is -2.63. The van der Waals surface area contributed by atoms with Gasteiger partial charge in [-0.2, -0.15) is 13.2 Å². The molecule has 0 amide bonds. The number of hydrogen-bond acceptors (Lipinski definition) is 6. The van der Waals surface area contributed by atoms with Gasteiger partial charge in [0.2, 0.25) is 10.0 Å². The summed E-state index contributed by atoms with van der Waals surface area (Å²) in [4.78, 5) is 4.61. The van der Waals surface area contributed by atoms with Crippen LogP contribution in [0.1, 0.15) is 16.7 Å². The van der Waals surface area contributed by atoms with Gasteiger partial charge in [0.1, 0.15) is 11.6 Å². The molecular formula is C19H20F3N3O4S. The molecule has 0 saturated carbocycles. The molecule has 0 saturated heterocycles. The van der Waals surface area contributed by atoms with Gasteiger partial charge in [0, 0.05) is 11.3 Å². The summed E-state index contributed by atoms with van der Waals surface area (Å²) < 4.78 is 68.8. The first-order valence-electron chi connectivity index (χ1n) is 8.72. The molecule has 1 unspecified atom stereocenters. The van der Waals surface area contributed by atoms with E-state index in [9.17, 15) is 26.7 Å². The number of aliphatic imine (C=N–C) groups is 1. The number of aryl methyl sites for hydroxylation is 2. The number of halogens is 3. The van der Waals surface area contributed by atoms with E-state index in [2.05, 4.69) is 4.99 Å². The van der Waals surface area contributed by atoms with Crippen molar-refractivity contribution in [1.29, 1.82) is 0 Å². The molecule has 0 aliphatic carbocycles. The predicted octanol–water partition coefficient (Wildman–Crippen LogP) is 2.48. The summed E-state index contributed by atoms with van der Waals surface area (Å²) in [5.74, 6) is 0.444. The quantitative estimate of drug-likeness (QED) is 0.755. The van der Waals surface area contributed by atoms with Crippen LogP contribution in [-0.2, 0) is 10.0 Å². The van der Waals surface area contributed by atoms with Gasteiger partial charge in [0.25, 0.3) is 5.72 Å². The van der Waals surface area contributed by atoms with Crippen LogP contribution in [0.25, 0.3) is 0 Å². The van der Waals surface area contributed by atoms with Gasteiger partial charge in [-0.25, -0.2) is 18.5 Å². The van der Waals surface area contributed by atoms with Crippen molar-refractivity contribution in [2.75, 3.05) is 18.6 Å². The van der Waals surface area contributed by atoms with Crippen molar-refractivity contribution in [3.63, 3.8) is 0 Å². The van der Waals surface area contributed by atoms with Crippen molar-refractivity contribution in [3.8, 4) is 5.75 Å². The number of methoxy groups -OCH3 is 1. The van der Waals surface area contributed by atoms with Crippen molar-refractivity contribution in [3.05, 3.63) is 53.1 Å². The maximum absolute atomic E-state index is 13.5. The summed E-state index contributed by atoms with van der Waals surface area (Å²) >= 11 is 0. The van der Waals surface area contributed by atoms with Gasteiger partial charge in [-0.15, -0.1) is 0 Å². The number of nitrogens with zero attached hydrogens (tertiary/aromatic N) is 2. The third-order valence-corrected chi connectivity index (χ3v) is 5.71. The fourth-order valence-corrected chi connectivity index (χ4v) is 3.87. The summed E-state index contributed by atoms with van der Waals surface area (Å²) in [6.07, 6.45) is -5.01. The van der Waals surface area contributed by atoms with E-state index in [1.807, 2.05) is 0 Å². The molecule has 0 aromatic heterocycles. The zero-order valence-corrected chi connectivity index (χ0v) is 17.2. The summed E-state index contributed by atoms with van der Waals surface area (Å²) in [5, 5.41) is 15.3. The van der Waals surface area contributed by atoms with Crippen LogP contribution in [0.2, 0.25) is 0 Å². The maximum Gasteiger partial charge on any atom is 0.440 e. The highest BCUT2D eigenvalue weighted by Gasteiger charge is 2.59. The van der Waals surface area contributed by atoms with E-state index < -0.39 is 28.5 Å². The van der Waals surface area contributed by atoms with Crippen molar-refractivity contribution < 1.29 is 31.4 Å². The number of hydrogen-bond donors (Lipinski definition) is 2. The fraction of sp³-hybridized carbons (Fsp3) is 0.316. The van der Waals surface area contributed by atoms with E-state index in [0.717, 1.165) is 0 Å². The summed E-state index contributed by atoms with van der Waals surface area (Å²) in [6.45, 7) is 2.64. The second-order valence-corrected chi connectivity index (χ2v) is 8.58. The number of nitrogens with two attached hydrogens (primary N) is 1. The minimum atomic E-state index is -5.01. The number of primary sulfonamides is 1. The summed E-state index contributed by atoms with van der Waals surface area (Å²) in [6, 6.07) is 8.17. The van der Waals surface area contributed by atoms with E-state index in [1.165, 1.54) is 36.3 Å². The monoisotopic (exact) mass is 443 g/mol. The third kappa shape index (κ3) is 3.87. The molecule has 2 aromatic rings. The number of amidine groups is 1. The molecule has 162 valence electrons. The van der Waals surface area contributed by atoms with Gasteiger partial charge in [-0.05, 0) is 61.4 Å². The lowest BCUT2D eigenvalue weighted by Gasteiger charge is -2.26. The first-order chi connectivity index (χ1) is 13.8. The molecule has 2 aromatic carbocycles. The minimum absolute atomic E-state index is 0.153. The molecule has 0 fully saturated rings. The predicted molar refractivity (Wildman–Crippen MR) is 105 cm³/mol. The first kappa shape index (κ1) is 22.1. The molecule has 0 radical (unpaired) electrons. The Morgan fingerprint density at radius 1 is 1.17 bits per heavy atom. The van der Waals surface area contributed by atoms with Gasteiger partial charge >= 0.3 is 6.18 Å². The van der Waals surface area contributed by atoms with E-state index >= 15 is 0 Å². The molecule has 30 heavy (non-hydrogen) atoms. The summed E-state index contributed by atoms with van der Waals surface area (Å²) in [5.41, 5.74) is -1.37. The van der Waals surface area contributed by atoms with Gasteiger partial charge < -0.3 is 14.7 Å². The highest BCUT2D eigenvalue weighted by atomic mass is 32.2. The Morgan fingerprint density at radius 2 is 1.70 bits per heavy atom. The zero-order chi connectivity index (χ0) is 22.5. The highest BCUT2D eigenvalue weighted by Crippen LogP contribution is 2.40. The second kappa shape index (κ2) is 7.25. The minimum Gasteiger partial charge on any atom is -0.496 e. The molecule has 1 atom stereocenters. The lowest BCUT2D eigenvalue weighted by molar-refractivity contribution is -0.249. The van der Waals surface area contributed by atoms with E-state index in [1.54, 1.807) is 26.0 Å². The molecule has 0 spiro atoms. The normalized spacial score (nSPS) is 19.7. The number of alkyl halides is 3. The second-order valence-electron chi connectivity index (χ2n) is 7.02. The van der Waals surface area contributed by atoms with E-state index in [0.29, 0.717) is 22.6 Å². The van der Waals surface area contributed by atoms with Crippen LogP contribution in [0.3, 0.4) is 0 Å². The van der Waals surface area contributed by atoms with Crippen molar-refractivity contribution >= 4 is 21.5 Å². The van der Waals surface area contributed by atoms with Crippen LogP contribution < -0.4 is 14.8 Å². The van der Waals surface area contributed by atoms with Gasteiger partial charge in [0.05, 0.1) is 18.6 Å². The number of aliphatic hydroxyl groups is 1. The van der Waals surface area contributed by atoms with Crippen LogP contribution in [0.5, 0.6) is 5.75 Å². The molecule has 0 bridgehead atoms. The van der Waals surface area contributed by atoms with Crippen LogP contribution in [0.15, 0.2) is 46.3 Å². The number of anilines is 1. The molecule has 11 heteroatoms. The van der Waals surface area contributed by atoms with Gasteiger partial charge in [-0.1, -0.05) is 0 Å². The molecule has 1 heterocycles. The smallest absolute Gasteiger partial charge is 0.440 e. The molecule has 1 aliphatic heterocycles. The maximum atomic E-state index is 13.5. The number of β-amino-alcohol motifs (C(OH)–C–C–N with tert-alkyl or cyclic N) is 1. The van der Waals surface area contributed by atoms with Crippen LogP contribution in [-0.4, -0.2) is 44.9 Å². The Kier molecular flexibility index (Phi) is 5.34. The SMILES string of the molecule is COc1c(C)cc(N2CC(O)(C(F)(F)F)N=C2c2ccc(S(N)(=O)=O)cc2)cc1C. The standard InChI is InChI=1S/C19H20F3N3O4S/c1-11-8-14(9-12(2)16(11)29-3)25-10-18(26,19(20,21)22)24-17(25)13-4-6-15(7-5-13)30(23,27)28/h4-9,26H,10H2,1-3H3,(H2,23,27,28). The number of benzene rings is 2. The average molecular weight is 443 g/mol. The zero-order valence-electron chi connectivity index (χ0n) is 16.4. The molecule has 7 nitrogen and oxygen atoms in total. The average Bonchev–Trinajstić information content (AvgIpc) is 3.00. The molecule has 1 aliphatic rings. The molecular weight excluding hydrogens is 423 g/mol. The van der Waals surface area contributed by atoms with Crippen LogP contribution in [0, 0.1) is 13.8 Å². The van der Waals surface area contributed by atoms with E-state index in [-0.39, 0.29) is 16.3 Å². The molecule has 3 rings (SSSR count). The number of rotatable bonds is 4. The van der Waals surface area contributed by atoms with Gasteiger partial charge in [-0.3, -0.25) is 0 Å². The number of sulfonamides is 1. The molecule has 3 N–H and O–H groups in total. The Labute approximate surface area is 171 Å².